The Labute approximate surface area is 223 Å². The molecule has 0 saturated heterocycles. The van der Waals surface area contributed by atoms with Gasteiger partial charge in [-0.2, -0.15) is 30.7 Å². The highest BCUT2D eigenvalue weighted by molar-refractivity contribution is 6.30. The van der Waals surface area contributed by atoms with E-state index in [-0.39, 0.29) is 35.7 Å². The van der Waals surface area contributed by atoms with Gasteiger partial charge in [0.2, 0.25) is 0 Å². The summed E-state index contributed by atoms with van der Waals surface area (Å²) in [5, 5.41) is 12.1. The molecule has 3 rings (SSSR count). The van der Waals surface area contributed by atoms with Crippen LogP contribution in [0.2, 0.25) is 5.02 Å². The number of aliphatic hydroxyl groups excluding tert-OH is 1. The molecule has 4 nitrogen and oxygen atoms in total. The van der Waals surface area contributed by atoms with Crippen molar-refractivity contribution in [3.63, 3.8) is 0 Å². The molecule has 39 heavy (non-hydrogen) atoms. The number of alkyl halides is 7. The summed E-state index contributed by atoms with van der Waals surface area (Å²) in [6.07, 6.45) is -15.4. The average Bonchev–Trinajstić information content (AvgIpc) is 2.85. The average molecular weight is 583 g/mol. The molecule has 0 radical (unpaired) electrons. The molecule has 2 atom stereocenters. The van der Waals surface area contributed by atoms with Gasteiger partial charge in [0.05, 0.1) is 10.7 Å². The van der Waals surface area contributed by atoms with Gasteiger partial charge in [-0.3, -0.25) is 4.98 Å². The van der Waals surface area contributed by atoms with E-state index in [1.807, 2.05) is 0 Å². The number of rotatable bonds is 12. The summed E-state index contributed by atoms with van der Waals surface area (Å²) in [6, 6.07) is 14.0. The minimum Gasteiger partial charge on any atom is -0.428 e. The summed E-state index contributed by atoms with van der Waals surface area (Å²) in [4.78, 5) is 4.32. The molecular weight excluding hydrogens is 560 g/mol. The molecular formula is C26H23ClF8N2O2. The summed E-state index contributed by atoms with van der Waals surface area (Å²) in [5.74, 6) is -1.97. The van der Waals surface area contributed by atoms with Crippen molar-refractivity contribution in [3.05, 3.63) is 94.5 Å². The highest BCUT2D eigenvalue weighted by Crippen LogP contribution is 2.41. The molecule has 0 aliphatic heterocycles. The Morgan fingerprint density at radius 2 is 1.67 bits per heavy atom. The van der Waals surface area contributed by atoms with E-state index in [1.54, 1.807) is 30.3 Å². The fraction of sp³-hybridized carbons (Fsp3) is 0.346. The van der Waals surface area contributed by atoms with Crippen LogP contribution in [-0.2, 0) is 11.8 Å². The van der Waals surface area contributed by atoms with Crippen LogP contribution in [0.25, 0.3) is 0 Å². The predicted octanol–water partition coefficient (Wildman–Crippen LogP) is 6.54. The molecule has 0 bridgehead atoms. The Hall–Kier alpha value is -2.96. The van der Waals surface area contributed by atoms with E-state index in [4.69, 9.17) is 11.6 Å². The van der Waals surface area contributed by atoms with Gasteiger partial charge in [-0.15, -0.1) is 0 Å². The molecule has 0 aliphatic rings. The first-order valence-corrected chi connectivity index (χ1v) is 11.9. The first kappa shape index (κ1) is 30.6. The SMILES string of the molecule is O[C@H](CNCC[C@@](Cc1ccccc1)(c1cc(F)cc(OC(F)(F)C(F)F)c1)c1ccc(Cl)cn1)C(F)(F)F. The van der Waals surface area contributed by atoms with Crippen molar-refractivity contribution in [1.29, 1.82) is 0 Å². The highest BCUT2D eigenvalue weighted by atomic mass is 35.5. The van der Waals surface area contributed by atoms with Gasteiger partial charge in [0, 0.05) is 24.2 Å². The minimum absolute atomic E-state index is 0.0144. The van der Waals surface area contributed by atoms with E-state index in [9.17, 15) is 40.2 Å². The maximum atomic E-state index is 14.8. The van der Waals surface area contributed by atoms with Crippen LogP contribution in [0.3, 0.4) is 0 Å². The fourth-order valence-corrected chi connectivity index (χ4v) is 4.17. The van der Waals surface area contributed by atoms with Crippen LogP contribution in [0, 0.1) is 5.82 Å². The number of halogens is 9. The molecule has 0 amide bonds. The molecule has 1 heterocycles. The maximum Gasteiger partial charge on any atom is 0.461 e. The van der Waals surface area contributed by atoms with Gasteiger partial charge in [0.1, 0.15) is 11.6 Å². The van der Waals surface area contributed by atoms with Crippen molar-refractivity contribution in [2.24, 2.45) is 0 Å². The summed E-state index contributed by atoms with van der Waals surface area (Å²) >= 11 is 5.98. The standard InChI is InChI=1S/C26H23ClF8N2O2/c27-18-6-7-21(37-14-18)24(13-16-4-2-1-3-5-16,8-9-36-15-22(38)25(31,32)33)17-10-19(28)12-20(11-17)39-26(34,35)23(29)30/h1-7,10-12,14,22-23,36,38H,8-9,13,15H2/t22-,24-/m1/s1. The molecule has 1 aromatic heterocycles. The van der Waals surface area contributed by atoms with Gasteiger partial charge >= 0.3 is 18.7 Å². The number of hydrogen-bond acceptors (Lipinski definition) is 4. The lowest BCUT2D eigenvalue weighted by Crippen LogP contribution is -2.41. The van der Waals surface area contributed by atoms with Crippen LogP contribution in [0.1, 0.15) is 23.2 Å². The van der Waals surface area contributed by atoms with Crippen LogP contribution in [0.15, 0.2) is 66.9 Å². The third kappa shape index (κ3) is 8.02. The predicted molar refractivity (Wildman–Crippen MR) is 128 cm³/mol. The molecule has 0 spiro atoms. The van der Waals surface area contributed by atoms with Crippen LogP contribution in [0.5, 0.6) is 5.75 Å². The second kappa shape index (κ2) is 12.5. The van der Waals surface area contributed by atoms with Crippen LogP contribution < -0.4 is 10.1 Å². The maximum absolute atomic E-state index is 14.8. The molecule has 2 N–H and O–H groups in total. The molecule has 0 fully saturated rings. The van der Waals surface area contributed by atoms with Gasteiger partial charge in [-0.05, 0) is 54.8 Å². The first-order valence-electron chi connectivity index (χ1n) is 11.5. The van der Waals surface area contributed by atoms with Crippen molar-refractivity contribution < 1.29 is 45.0 Å². The van der Waals surface area contributed by atoms with E-state index in [2.05, 4.69) is 15.0 Å². The largest absolute Gasteiger partial charge is 0.461 e. The molecule has 212 valence electrons. The molecule has 0 unspecified atom stereocenters. The van der Waals surface area contributed by atoms with Crippen molar-refractivity contribution >= 4 is 11.6 Å². The number of nitrogens with one attached hydrogen (secondary N) is 1. The zero-order valence-electron chi connectivity index (χ0n) is 20.0. The molecule has 3 aromatic rings. The molecule has 0 aliphatic carbocycles. The number of nitrogens with zero attached hydrogens (tertiary/aromatic N) is 1. The van der Waals surface area contributed by atoms with E-state index < -0.39 is 48.3 Å². The quantitative estimate of drug-likeness (QED) is 0.188. The van der Waals surface area contributed by atoms with Gasteiger partial charge < -0.3 is 15.2 Å². The minimum atomic E-state index is -4.92. The molecule has 0 saturated carbocycles. The van der Waals surface area contributed by atoms with Gasteiger partial charge in [-0.1, -0.05) is 41.9 Å². The van der Waals surface area contributed by atoms with Gasteiger partial charge in [0.15, 0.2) is 6.10 Å². The topological polar surface area (TPSA) is 54.4 Å². The zero-order chi connectivity index (χ0) is 28.8. The molecule has 13 heteroatoms. The lowest BCUT2D eigenvalue weighted by atomic mass is 9.70. The van der Waals surface area contributed by atoms with Crippen molar-refractivity contribution in [3.8, 4) is 5.75 Å². The second-order valence-electron chi connectivity index (χ2n) is 8.76. The third-order valence-corrected chi connectivity index (χ3v) is 6.17. The summed E-state index contributed by atoms with van der Waals surface area (Å²) in [6.45, 7) is -1.03. The van der Waals surface area contributed by atoms with Crippen molar-refractivity contribution in [2.75, 3.05) is 13.1 Å². The number of pyridine rings is 1. The Morgan fingerprint density at radius 3 is 2.26 bits per heavy atom. The molecule has 2 aromatic carbocycles. The van der Waals surface area contributed by atoms with Crippen LogP contribution in [-0.4, -0.2) is 48.0 Å². The van der Waals surface area contributed by atoms with Crippen molar-refractivity contribution in [2.45, 2.75) is 43.1 Å². The van der Waals surface area contributed by atoms with E-state index in [0.717, 1.165) is 12.1 Å². The lowest BCUT2D eigenvalue weighted by Gasteiger charge is -2.35. The Morgan fingerprint density at radius 1 is 0.974 bits per heavy atom. The zero-order valence-corrected chi connectivity index (χ0v) is 20.8. The number of ether oxygens (including phenoxy) is 1. The van der Waals surface area contributed by atoms with E-state index >= 15 is 0 Å². The van der Waals surface area contributed by atoms with E-state index in [1.165, 1.54) is 18.3 Å². The smallest absolute Gasteiger partial charge is 0.428 e. The first-order chi connectivity index (χ1) is 18.2. The van der Waals surface area contributed by atoms with Gasteiger partial charge in [0.25, 0.3) is 0 Å². The van der Waals surface area contributed by atoms with Gasteiger partial charge in [-0.25, -0.2) is 4.39 Å². The third-order valence-electron chi connectivity index (χ3n) is 5.94. The van der Waals surface area contributed by atoms with E-state index in [0.29, 0.717) is 11.6 Å². The summed E-state index contributed by atoms with van der Waals surface area (Å²) in [5.41, 5.74) is -0.512. The normalized spacial score (nSPS) is 14.7. The highest BCUT2D eigenvalue weighted by Gasteiger charge is 2.45. The fourth-order valence-electron chi connectivity index (χ4n) is 4.06. The van der Waals surface area contributed by atoms with Crippen LogP contribution in [0.4, 0.5) is 35.1 Å². The second-order valence-corrected chi connectivity index (χ2v) is 9.19. The number of aromatic nitrogens is 1. The monoisotopic (exact) mass is 582 g/mol. The number of benzene rings is 2. The Bertz CT molecular complexity index is 1210. The lowest BCUT2D eigenvalue weighted by molar-refractivity contribution is -0.253. The van der Waals surface area contributed by atoms with Crippen molar-refractivity contribution in [1.82, 2.24) is 10.3 Å². The Kier molecular flexibility index (Phi) is 9.78. The summed E-state index contributed by atoms with van der Waals surface area (Å²) in [7, 11) is 0. The van der Waals surface area contributed by atoms with Crippen LogP contribution >= 0.6 is 11.6 Å². The summed E-state index contributed by atoms with van der Waals surface area (Å²) < 4.78 is 110. The number of aliphatic hydroxyl groups is 1. The Balaban J connectivity index is 2.11. The number of hydrogen-bond donors (Lipinski definition) is 2.